The maximum absolute atomic E-state index is 12.1. The fourth-order valence-electron chi connectivity index (χ4n) is 2.18. The van der Waals surface area contributed by atoms with Crippen LogP contribution in [0.2, 0.25) is 0 Å². The third-order valence-corrected chi connectivity index (χ3v) is 4.44. The van der Waals surface area contributed by atoms with Crippen molar-refractivity contribution in [3.63, 3.8) is 0 Å². The Kier molecular flexibility index (Phi) is 5.76. The van der Waals surface area contributed by atoms with Crippen LogP contribution in [0, 0.1) is 6.92 Å². The predicted octanol–water partition coefficient (Wildman–Crippen LogP) is 3.33. The number of amides is 1. The smallest absolute Gasteiger partial charge is 0.303 e. The molecule has 6 heteroatoms. The van der Waals surface area contributed by atoms with Crippen molar-refractivity contribution in [2.24, 2.45) is 0 Å². The molecule has 0 aliphatic heterocycles. The van der Waals surface area contributed by atoms with Crippen LogP contribution in [0.4, 0.5) is 0 Å². The number of hydrogen-bond donors (Lipinski definition) is 2. The van der Waals surface area contributed by atoms with Gasteiger partial charge in [-0.15, -0.1) is 11.3 Å². The molecular weight excluding hydrogens is 314 g/mol. The second-order valence-corrected chi connectivity index (χ2v) is 6.32. The first kappa shape index (κ1) is 17.0. The molecule has 0 aliphatic carbocycles. The Labute approximate surface area is 138 Å². The number of hydrogen-bond acceptors (Lipinski definition) is 4. The number of rotatable bonds is 7. The molecule has 23 heavy (non-hydrogen) atoms. The monoisotopic (exact) mass is 333 g/mol. The largest absolute Gasteiger partial charge is 0.497 e. The van der Waals surface area contributed by atoms with Gasteiger partial charge in [-0.1, -0.05) is 12.1 Å². The highest BCUT2D eigenvalue weighted by Crippen LogP contribution is 2.31. The number of aliphatic carboxylic acids is 1. The maximum Gasteiger partial charge on any atom is 0.303 e. The van der Waals surface area contributed by atoms with Gasteiger partial charge in [0, 0.05) is 17.8 Å². The number of carboxylic acids is 1. The fraction of sp³-hybridized carbons (Fsp3) is 0.294. The molecule has 1 aromatic heterocycles. The van der Waals surface area contributed by atoms with Crippen molar-refractivity contribution >= 4 is 23.2 Å². The molecule has 2 rings (SSSR count). The number of ether oxygens (including phenoxy) is 1. The Hall–Kier alpha value is -2.34. The molecule has 5 nitrogen and oxygen atoms in total. The zero-order valence-corrected chi connectivity index (χ0v) is 13.9. The average molecular weight is 333 g/mol. The molecule has 122 valence electrons. The Morgan fingerprint density at radius 1 is 1.26 bits per heavy atom. The van der Waals surface area contributed by atoms with Crippen molar-refractivity contribution < 1.29 is 19.4 Å². The van der Waals surface area contributed by atoms with Gasteiger partial charge in [-0.2, -0.15) is 0 Å². The normalized spacial score (nSPS) is 10.3. The van der Waals surface area contributed by atoms with Crippen LogP contribution in [0.3, 0.4) is 0 Å². The van der Waals surface area contributed by atoms with E-state index < -0.39 is 5.97 Å². The lowest BCUT2D eigenvalue weighted by molar-refractivity contribution is -0.137. The van der Waals surface area contributed by atoms with Crippen LogP contribution in [0.1, 0.15) is 27.4 Å². The quantitative estimate of drug-likeness (QED) is 0.762. The number of nitrogens with one attached hydrogen (secondary N) is 1. The van der Waals surface area contributed by atoms with Gasteiger partial charge in [-0.05, 0) is 42.7 Å². The van der Waals surface area contributed by atoms with Crippen LogP contribution >= 0.6 is 11.3 Å². The van der Waals surface area contributed by atoms with Crippen LogP contribution in [-0.4, -0.2) is 30.6 Å². The van der Waals surface area contributed by atoms with Crippen molar-refractivity contribution in [2.75, 3.05) is 13.7 Å². The molecule has 1 heterocycles. The minimum atomic E-state index is -0.854. The van der Waals surface area contributed by atoms with Crippen molar-refractivity contribution in [3.8, 4) is 16.9 Å². The number of benzene rings is 1. The number of carboxylic acid groups (broad SMARTS) is 1. The minimum Gasteiger partial charge on any atom is -0.497 e. The zero-order valence-electron chi connectivity index (χ0n) is 13.1. The van der Waals surface area contributed by atoms with Gasteiger partial charge in [0.05, 0.1) is 12.0 Å². The van der Waals surface area contributed by atoms with E-state index in [2.05, 4.69) is 5.32 Å². The Balaban J connectivity index is 2.04. The van der Waals surface area contributed by atoms with Crippen molar-refractivity contribution in [1.82, 2.24) is 5.32 Å². The summed E-state index contributed by atoms with van der Waals surface area (Å²) in [4.78, 5) is 24.3. The van der Waals surface area contributed by atoms with Gasteiger partial charge in [-0.25, -0.2) is 0 Å². The first-order valence-corrected chi connectivity index (χ1v) is 8.07. The second kappa shape index (κ2) is 7.78. The molecule has 0 fully saturated rings. The highest BCUT2D eigenvalue weighted by molar-refractivity contribution is 7.14. The van der Waals surface area contributed by atoms with Crippen LogP contribution in [-0.2, 0) is 4.79 Å². The molecule has 0 bridgehead atoms. The maximum atomic E-state index is 12.1. The van der Waals surface area contributed by atoms with E-state index in [9.17, 15) is 9.59 Å². The third-order valence-electron chi connectivity index (χ3n) is 3.40. The van der Waals surface area contributed by atoms with Crippen LogP contribution < -0.4 is 10.1 Å². The van der Waals surface area contributed by atoms with Gasteiger partial charge in [0.1, 0.15) is 5.75 Å². The lowest BCUT2D eigenvalue weighted by atomic mass is 10.1. The first-order chi connectivity index (χ1) is 11.0. The lowest BCUT2D eigenvalue weighted by Gasteiger charge is -2.03. The number of carbonyl (C=O) groups is 2. The van der Waals surface area contributed by atoms with E-state index in [1.165, 1.54) is 11.3 Å². The Morgan fingerprint density at radius 2 is 1.96 bits per heavy atom. The molecule has 0 unspecified atom stereocenters. The van der Waals surface area contributed by atoms with E-state index >= 15 is 0 Å². The summed E-state index contributed by atoms with van der Waals surface area (Å²) < 4.78 is 5.15. The van der Waals surface area contributed by atoms with Crippen LogP contribution in [0.5, 0.6) is 5.75 Å². The Bertz CT molecular complexity index is 691. The van der Waals surface area contributed by atoms with E-state index in [0.29, 0.717) is 17.8 Å². The van der Waals surface area contributed by atoms with Gasteiger partial charge in [-0.3, -0.25) is 9.59 Å². The van der Waals surface area contributed by atoms with Gasteiger partial charge >= 0.3 is 5.97 Å². The summed E-state index contributed by atoms with van der Waals surface area (Å²) >= 11 is 1.43. The summed E-state index contributed by atoms with van der Waals surface area (Å²) in [6.45, 7) is 2.34. The first-order valence-electron chi connectivity index (χ1n) is 7.26. The number of methoxy groups -OCH3 is 1. The molecular formula is C17H19NO4S. The molecule has 2 N–H and O–H groups in total. The molecule has 2 aromatic rings. The zero-order chi connectivity index (χ0) is 16.8. The van der Waals surface area contributed by atoms with Crippen LogP contribution in [0.15, 0.2) is 30.3 Å². The molecule has 0 saturated heterocycles. The summed E-state index contributed by atoms with van der Waals surface area (Å²) in [5.74, 6) is -0.228. The number of aryl methyl sites for hydroxylation is 1. The van der Waals surface area contributed by atoms with Gasteiger partial charge in [0.25, 0.3) is 5.91 Å². The molecule has 0 radical (unpaired) electrons. The molecule has 0 aliphatic rings. The molecule has 0 atom stereocenters. The summed E-state index contributed by atoms with van der Waals surface area (Å²) in [6, 6.07) is 9.56. The van der Waals surface area contributed by atoms with Crippen molar-refractivity contribution in [3.05, 3.63) is 40.1 Å². The summed E-state index contributed by atoms with van der Waals surface area (Å²) in [5, 5.41) is 11.3. The van der Waals surface area contributed by atoms with Crippen molar-refractivity contribution in [1.29, 1.82) is 0 Å². The van der Waals surface area contributed by atoms with E-state index in [1.807, 2.05) is 37.3 Å². The molecule has 0 spiro atoms. The van der Waals surface area contributed by atoms with Crippen LogP contribution in [0.25, 0.3) is 11.1 Å². The van der Waals surface area contributed by atoms with Gasteiger partial charge in [0.2, 0.25) is 0 Å². The fourth-order valence-corrected chi connectivity index (χ4v) is 3.14. The number of thiophene rings is 1. The molecule has 1 aromatic carbocycles. The summed E-state index contributed by atoms with van der Waals surface area (Å²) in [7, 11) is 1.62. The van der Waals surface area contributed by atoms with E-state index in [1.54, 1.807) is 7.11 Å². The van der Waals surface area contributed by atoms with E-state index in [0.717, 1.165) is 21.8 Å². The van der Waals surface area contributed by atoms with E-state index in [4.69, 9.17) is 9.84 Å². The standard InChI is InChI=1S/C17H19NO4S/c1-11-14(12-5-7-13(22-2)8-6-12)10-15(23-11)17(21)18-9-3-4-16(19)20/h5-8,10H,3-4,9H2,1-2H3,(H,18,21)(H,19,20). The third kappa shape index (κ3) is 4.56. The molecule has 0 saturated carbocycles. The predicted molar refractivity (Wildman–Crippen MR) is 90.2 cm³/mol. The average Bonchev–Trinajstić information content (AvgIpc) is 2.93. The lowest BCUT2D eigenvalue weighted by Crippen LogP contribution is -2.23. The summed E-state index contributed by atoms with van der Waals surface area (Å²) in [5.41, 5.74) is 2.05. The molecule has 1 amide bonds. The highest BCUT2D eigenvalue weighted by Gasteiger charge is 2.13. The second-order valence-electron chi connectivity index (χ2n) is 5.06. The van der Waals surface area contributed by atoms with Gasteiger partial charge < -0.3 is 15.2 Å². The SMILES string of the molecule is COc1ccc(-c2cc(C(=O)NCCCC(=O)O)sc2C)cc1. The Morgan fingerprint density at radius 3 is 2.57 bits per heavy atom. The minimum absolute atomic E-state index is 0.0564. The highest BCUT2D eigenvalue weighted by atomic mass is 32.1. The van der Waals surface area contributed by atoms with Crippen molar-refractivity contribution in [2.45, 2.75) is 19.8 Å². The van der Waals surface area contributed by atoms with E-state index in [-0.39, 0.29) is 12.3 Å². The topological polar surface area (TPSA) is 75.6 Å². The van der Waals surface area contributed by atoms with Gasteiger partial charge in [0.15, 0.2) is 0 Å². The number of carbonyl (C=O) groups excluding carboxylic acids is 1. The summed E-state index contributed by atoms with van der Waals surface area (Å²) in [6.07, 6.45) is 0.484.